The van der Waals surface area contributed by atoms with Gasteiger partial charge in [0.15, 0.2) is 0 Å². The molecule has 2 heteroatoms. The van der Waals surface area contributed by atoms with E-state index >= 15 is 0 Å². The van der Waals surface area contributed by atoms with Gasteiger partial charge in [0.2, 0.25) is 0 Å². The summed E-state index contributed by atoms with van der Waals surface area (Å²) in [5, 5.41) is 3.53. The molecule has 1 fully saturated rings. The summed E-state index contributed by atoms with van der Waals surface area (Å²) in [5.41, 5.74) is 3.85. The molecular formula is C25H27NO. The van der Waals surface area contributed by atoms with Crippen LogP contribution in [0.5, 0.6) is 0 Å². The second kappa shape index (κ2) is 8.51. The standard InChI is InChI=1S/C25H27NO/c1-4-10-21(11-5-1)20-27-24(22-12-6-2-7-13-22)25(16-18-26-19-17-25)23-14-8-3-9-15-23/h1-15,24,26H,16-20H2. The highest BCUT2D eigenvalue weighted by Crippen LogP contribution is 2.46. The van der Waals surface area contributed by atoms with Crippen molar-refractivity contribution in [2.24, 2.45) is 0 Å². The first kappa shape index (κ1) is 18.0. The van der Waals surface area contributed by atoms with Crippen molar-refractivity contribution in [2.45, 2.75) is 31.0 Å². The van der Waals surface area contributed by atoms with Crippen LogP contribution in [0.25, 0.3) is 0 Å². The maximum absolute atomic E-state index is 6.68. The van der Waals surface area contributed by atoms with Crippen LogP contribution in [0.3, 0.4) is 0 Å². The molecule has 138 valence electrons. The highest BCUT2D eigenvalue weighted by atomic mass is 16.5. The van der Waals surface area contributed by atoms with Gasteiger partial charge >= 0.3 is 0 Å². The molecule has 0 radical (unpaired) electrons. The highest BCUT2D eigenvalue weighted by Gasteiger charge is 2.42. The van der Waals surface area contributed by atoms with Crippen LogP contribution in [0.1, 0.15) is 35.6 Å². The van der Waals surface area contributed by atoms with Crippen molar-refractivity contribution >= 4 is 0 Å². The Labute approximate surface area is 162 Å². The van der Waals surface area contributed by atoms with Crippen LogP contribution >= 0.6 is 0 Å². The minimum absolute atomic E-state index is 0.0113. The van der Waals surface area contributed by atoms with Crippen LogP contribution < -0.4 is 5.32 Å². The van der Waals surface area contributed by atoms with Crippen LogP contribution in [-0.4, -0.2) is 13.1 Å². The lowest BCUT2D eigenvalue weighted by Crippen LogP contribution is -2.45. The van der Waals surface area contributed by atoms with Crippen molar-refractivity contribution in [3.63, 3.8) is 0 Å². The van der Waals surface area contributed by atoms with E-state index in [1.807, 2.05) is 0 Å². The third kappa shape index (κ3) is 3.97. The van der Waals surface area contributed by atoms with E-state index in [2.05, 4.69) is 96.3 Å². The van der Waals surface area contributed by atoms with E-state index in [1.54, 1.807) is 0 Å². The monoisotopic (exact) mass is 357 g/mol. The van der Waals surface area contributed by atoms with Crippen molar-refractivity contribution in [2.75, 3.05) is 13.1 Å². The van der Waals surface area contributed by atoms with Crippen molar-refractivity contribution in [3.05, 3.63) is 108 Å². The van der Waals surface area contributed by atoms with Gasteiger partial charge in [-0.25, -0.2) is 0 Å². The molecule has 1 saturated heterocycles. The summed E-state index contributed by atoms with van der Waals surface area (Å²) in [6.45, 7) is 2.67. The molecule has 3 aromatic carbocycles. The Hall–Kier alpha value is -2.42. The first-order chi connectivity index (χ1) is 13.4. The zero-order valence-corrected chi connectivity index (χ0v) is 15.7. The second-order valence-electron chi connectivity index (χ2n) is 7.36. The average Bonchev–Trinajstić information content (AvgIpc) is 2.77. The molecule has 0 aromatic heterocycles. The van der Waals surface area contributed by atoms with Crippen LogP contribution in [0, 0.1) is 0 Å². The molecule has 1 aliphatic rings. The molecule has 3 aromatic rings. The lowest BCUT2D eigenvalue weighted by Gasteiger charge is -2.44. The lowest BCUT2D eigenvalue weighted by molar-refractivity contribution is -0.0295. The summed E-state index contributed by atoms with van der Waals surface area (Å²) in [6, 6.07) is 32.2. The van der Waals surface area contributed by atoms with Gasteiger partial charge in [0.25, 0.3) is 0 Å². The van der Waals surface area contributed by atoms with Gasteiger partial charge < -0.3 is 10.1 Å². The maximum Gasteiger partial charge on any atom is 0.0926 e. The smallest absolute Gasteiger partial charge is 0.0926 e. The molecule has 0 aliphatic carbocycles. The molecular weight excluding hydrogens is 330 g/mol. The van der Waals surface area contributed by atoms with Crippen LogP contribution in [0.2, 0.25) is 0 Å². The van der Waals surface area contributed by atoms with Crippen molar-refractivity contribution < 1.29 is 4.74 Å². The number of hydrogen-bond donors (Lipinski definition) is 1. The first-order valence-corrected chi connectivity index (χ1v) is 9.85. The fourth-order valence-corrected chi connectivity index (χ4v) is 4.30. The van der Waals surface area contributed by atoms with Crippen LogP contribution in [-0.2, 0) is 16.8 Å². The van der Waals surface area contributed by atoms with Crippen LogP contribution in [0.4, 0.5) is 0 Å². The normalized spacial score (nSPS) is 17.3. The lowest BCUT2D eigenvalue weighted by atomic mass is 9.67. The summed E-state index contributed by atoms with van der Waals surface area (Å²) in [5.74, 6) is 0. The quantitative estimate of drug-likeness (QED) is 0.649. The van der Waals surface area contributed by atoms with Gasteiger partial charge in [-0.1, -0.05) is 91.0 Å². The van der Waals surface area contributed by atoms with Gasteiger partial charge in [0, 0.05) is 5.41 Å². The number of ether oxygens (including phenoxy) is 1. The molecule has 1 heterocycles. The molecule has 2 nitrogen and oxygen atoms in total. The Bertz CT molecular complexity index is 811. The highest BCUT2D eigenvalue weighted by molar-refractivity contribution is 5.33. The van der Waals surface area contributed by atoms with Gasteiger partial charge in [0.05, 0.1) is 12.7 Å². The average molecular weight is 357 g/mol. The minimum atomic E-state index is -0.0113. The Kier molecular flexibility index (Phi) is 5.66. The van der Waals surface area contributed by atoms with E-state index in [1.165, 1.54) is 16.7 Å². The van der Waals surface area contributed by atoms with Gasteiger partial charge in [-0.15, -0.1) is 0 Å². The van der Waals surface area contributed by atoms with E-state index in [0.717, 1.165) is 25.9 Å². The topological polar surface area (TPSA) is 21.3 Å². The molecule has 27 heavy (non-hydrogen) atoms. The van der Waals surface area contributed by atoms with Gasteiger partial charge in [0.1, 0.15) is 0 Å². The predicted octanol–water partition coefficient (Wildman–Crippen LogP) is 5.27. The van der Waals surface area contributed by atoms with E-state index < -0.39 is 0 Å². The predicted molar refractivity (Wildman–Crippen MR) is 111 cm³/mol. The third-order valence-electron chi connectivity index (χ3n) is 5.71. The number of nitrogens with one attached hydrogen (secondary N) is 1. The van der Waals surface area contributed by atoms with Gasteiger partial charge in [-0.3, -0.25) is 0 Å². The molecule has 0 bridgehead atoms. The first-order valence-electron chi connectivity index (χ1n) is 9.85. The molecule has 1 atom stereocenters. The molecule has 1 aliphatic heterocycles. The number of rotatable bonds is 6. The summed E-state index contributed by atoms with van der Waals surface area (Å²) >= 11 is 0. The van der Waals surface area contributed by atoms with E-state index in [-0.39, 0.29) is 11.5 Å². The fraction of sp³-hybridized carbons (Fsp3) is 0.280. The Morgan fingerprint density at radius 1 is 0.741 bits per heavy atom. The van der Waals surface area contributed by atoms with Gasteiger partial charge in [-0.05, 0) is 42.6 Å². The fourth-order valence-electron chi connectivity index (χ4n) is 4.30. The van der Waals surface area contributed by atoms with Crippen molar-refractivity contribution in [1.82, 2.24) is 5.32 Å². The third-order valence-corrected chi connectivity index (χ3v) is 5.71. The van der Waals surface area contributed by atoms with E-state index in [0.29, 0.717) is 6.61 Å². The SMILES string of the molecule is c1ccc(COC(c2ccccc2)C2(c3ccccc3)CCNCC2)cc1. The summed E-state index contributed by atoms with van der Waals surface area (Å²) in [4.78, 5) is 0. The van der Waals surface area contributed by atoms with Crippen molar-refractivity contribution in [1.29, 1.82) is 0 Å². The largest absolute Gasteiger partial charge is 0.368 e. The molecule has 1 N–H and O–H groups in total. The minimum Gasteiger partial charge on any atom is -0.368 e. The number of piperidine rings is 1. The zero-order chi connectivity index (χ0) is 18.4. The number of benzene rings is 3. The molecule has 0 amide bonds. The maximum atomic E-state index is 6.68. The second-order valence-corrected chi connectivity index (χ2v) is 7.36. The molecule has 1 unspecified atom stereocenters. The number of hydrogen-bond acceptors (Lipinski definition) is 2. The summed E-state index contributed by atoms with van der Waals surface area (Å²) in [7, 11) is 0. The van der Waals surface area contributed by atoms with E-state index in [9.17, 15) is 0 Å². The Morgan fingerprint density at radius 3 is 1.93 bits per heavy atom. The van der Waals surface area contributed by atoms with Crippen LogP contribution in [0.15, 0.2) is 91.0 Å². The zero-order valence-electron chi connectivity index (χ0n) is 15.7. The van der Waals surface area contributed by atoms with Gasteiger partial charge in [-0.2, -0.15) is 0 Å². The molecule has 0 spiro atoms. The Morgan fingerprint density at radius 2 is 1.30 bits per heavy atom. The van der Waals surface area contributed by atoms with E-state index in [4.69, 9.17) is 4.74 Å². The summed E-state index contributed by atoms with van der Waals surface area (Å²) in [6.07, 6.45) is 2.18. The Balaban J connectivity index is 1.72. The molecule has 0 saturated carbocycles. The van der Waals surface area contributed by atoms with Crippen molar-refractivity contribution in [3.8, 4) is 0 Å². The molecule has 4 rings (SSSR count). The summed E-state index contributed by atoms with van der Waals surface area (Å²) < 4.78 is 6.68.